The van der Waals surface area contributed by atoms with Crippen molar-refractivity contribution in [3.05, 3.63) is 29.7 Å². The van der Waals surface area contributed by atoms with E-state index in [1.54, 1.807) is 0 Å². The number of alkyl halides is 3. The van der Waals surface area contributed by atoms with Gasteiger partial charge in [-0.05, 0) is 18.9 Å². The number of halogens is 3. The Morgan fingerprint density at radius 3 is 2.68 bits per heavy atom. The normalized spacial score (nSPS) is 23.2. The fourth-order valence-electron chi connectivity index (χ4n) is 1.96. The molecule has 1 aliphatic carbocycles. The molecule has 1 aromatic rings. The van der Waals surface area contributed by atoms with Crippen LogP contribution in [0.5, 0.6) is 0 Å². The van der Waals surface area contributed by atoms with Crippen LogP contribution in [0.1, 0.15) is 42.9 Å². The van der Waals surface area contributed by atoms with E-state index in [4.69, 9.17) is 9.15 Å². The number of hydrogen-bond acceptors (Lipinski definition) is 6. The average molecular weight is 339 g/mol. The van der Waals surface area contributed by atoms with E-state index in [-0.39, 0.29) is 24.7 Å². The first-order chi connectivity index (χ1) is 10.3. The van der Waals surface area contributed by atoms with Crippen molar-refractivity contribution in [2.24, 2.45) is 0 Å². The van der Waals surface area contributed by atoms with E-state index in [1.807, 2.05) is 0 Å². The highest BCUT2D eigenvalue weighted by Gasteiger charge is 2.49. The Bertz CT molecular complexity index is 690. The minimum Gasteiger partial charge on any atom is -0.442 e. The first-order valence-corrected chi connectivity index (χ1v) is 7.96. The third kappa shape index (κ3) is 3.12. The molecule has 1 atom stereocenters. The molecule has 3 rings (SSSR count). The second-order valence-electron chi connectivity index (χ2n) is 5.03. The zero-order chi connectivity index (χ0) is 16.0. The summed E-state index contributed by atoms with van der Waals surface area (Å²) >= 11 is 0. The lowest BCUT2D eigenvalue weighted by molar-refractivity contribution is -0.0531. The molecule has 0 bridgehead atoms. The van der Waals surface area contributed by atoms with Crippen molar-refractivity contribution >= 4 is 10.1 Å². The Balaban J connectivity index is 1.76. The molecule has 1 aromatic heterocycles. The van der Waals surface area contributed by atoms with Gasteiger partial charge >= 0.3 is 15.6 Å². The summed E-state index contributed by atoms with van der Waals surface area (Å²) in [4.78, 5) is 4.08. The van der Waals surface area contributed by atoms with Crippen molar-refractivity contribution in [2.45, 2.75) is 36.8 Å². The predicted molar refractivity (Wildman–Crippen MR) is 65.9 cm³/mol. The van der Waals surface area contributed by atoms with E-state index in [2.05, 4.69) is 9.17 Å². The SMILES string of the molecule is O=S(=O)(OC1=CC(c2cnc(C3CC3)o2)OCC1)C(F)(F)F. The van der Waals surface area contributed by atoms with Crippen LogP contribution in [0.3, 0.4) is 0 Å². The van der Waals surface area contributed by atoms with Gasteiger partial charge in [-0.15, -0.1) is 0 Å². The number of nitrogens with zero attached hydrogens (tertiary/aromatic N) is 1. The van der Waals surface area contributed by atoms with Crippen LogP contribution < -0.4 is 0 Å². The van der Waals surface area contributed by atoms with Gasteiger partial charge in [0.25, 0.3) is 0 Å². The van der Waals surface area contributed by atoms with Gasteiger partial charge in [0.1, 0.15) is 11.9 Å². The Kier molecular flexibility index (Phi) is 3.68. The van der Waals surface area contributed by atoms with Crippen LogP contribution in [-0.4, -0.2) is 25.5 Å². The van der Waals surface area contributed by atoms with Crippen LogP contribution in [-0.2, 0) is 19.0 Å². The molecule has 10 heteroatoms. The number of rotatable bonds is 4. The number of oxazole rings is 1. The van der Waals surface area contributed by atoms with E-state index in [0.29, 0.717) is 11.7 Å². The molecule has 1 saturated carbocycles. The molecule has 22 heavy (non-hydrogen) atoms. The van der Waals surface area contributed by atoms with Gasteiger partial charge in [-0.3, -0.25) is 0 Å². The van der Waals surface area contributed by atoms with Crippen molar-refractivity contribution in [2.75, 3.05) is 6.61 Å². The first-order valence-electron chi connectivity index (χ1n) is 6.55. The quantitative estimate of drug-likeness (QED) is 0.620. The minimum absolute atomic E-state index is 0.0172. The fraction of sp³-hybridized carbons (Fsp3) is 0.583. The third-order valence-electron chi connectivity index (χ3n) is 3.23. The topological polar surface area (TPSA) is 78.6 Å². The molecule has 0 amide bonds. The summed E-state index contributed by atoms with van der Waals surface area (Å²) in [5, 5.41) is 0. The largest absolute Gasteiger partial charge is 0.534 e. The minimum atomic E-state index is -5.67. The number of aromatic nitrogens is 1. The molecule has 0 N–H and O–H groups in total. The van der Waals surface area contributed by atoms with Crippen LogP contribution in [0.25, 0.3) is 0 Å². The van der Waals surface area contributed by atoms with Crippen molar-refractivity contribution < 1.29 is 34.9 Å². The summed E-state index contributed by atoms with van der Waals surface area (Å²) < 4.78 is 73.9. The monoisotopic (exact) mass is 339 g/mol. The van der Waals surface area contributed by atoms with Gasteiger partial charge in [-0.2, -0.15) is 21.6 Å². The molecule has 2 aliphatic rings. The molecule has 0 aromatic carbocycles. The lowest BCUT2D eigenvalue weighted by Gasteiger charge is -2.20. The highest BCUT2D eigenvalue weighted by molar-refractivity contribution is 7.87. The van der Waals surface area contributed by atoms with E-state index in [9.17, 15) is 21.6 Å². The van der Waals surface area contributed by atoms with Gasteiger partial charge < -0.3 is 13.3 Å². The van der Waals surface area contributed by atoms with Gasteiger partial charge in [-0.25, -0.2) is 4.98 Å². The van der Waals surface area contributed by atoms with E-state index < -0.39 is 21.7 Å². The third-order valence-corrected chi connectivity index (χ3v) is 4.23. The van der Waals surface area contributed by atoms with Gasteiger partial charge in [0.2, 0.25) is 0 Å². The smallest absolute Gasteiger partial charge is 0.442 e. The van der Waals surface area contributed by atoms with Crippen molar-refractivity contribution in [3.63, 3.8) is 0 Å². The maximum atomic E-state index is 12.3. The molecule has 2 heterocycles. The maximum Gasteiger partial charge on any atom is 0.534 e. The molecule has 122 valence electrons. The fourth-order valence-corrected chi connectivity index (χ4v) is 2.48. The summed E-state index contributed by atoms with van der Waals surface area (Å²) in [6.07, 6.45) is 3.67. The summed E-state index contributed by atoms with van der Waals surface area (Å²) in [6.45, 7) is 0.0172. The van der Waals surface area contributed by atoms with Crippen molar-refractivity contribution in [1.29, 1.82) is 0 Å². The number of hydrogen-bond donors (Lipinski definition) is 0. The first kappa shape index (κ1) is 15.3. The van der Waals surface area contributed by atoms with Gasteiger partial charge in [0.15, 0.2) is 11.7 Å². The molecule has 0 saturated heterocycles. The molecule has 0 spiro atoms. The van der Waals surface area contributed by atoms with Crippen molar-refractivity contribution in [1.82, 2.24) is 4.98 Å². The second kappa shape index (κ2) is 5.27. The zero-order valence-corrected chi connectivity index (χ0v) is 12.0. The van der Waals surface area contributed by atoms with Crippen LogP contribution in [0.4, 0.5) is 13.2 Å². The Morgan fingerprint density at radius 1 is 1.32 bits per heavy atom. The van der Waals surface area contributed by atoms with Gasteiger partial charge in [-0.1, -0.05) is 0 Å². The molecule has 1 fully saturated rings. The Morgan fingerprint density at radius 2 is 2.05 bits per heavy atom. The Labute approximate surface area is 124 Å². The average Bonchev–Trinajstić information content (AvgIpc) is 3.15. The maximum absolute atomic E-state index is 12.3. The van der Waals surface area contributed by atoms with Gasteiger partial charge in [0.05, 0.1) is 12.8 Å². The van der Waals surface area contributed by atoms with E-state index >= 15 is 0 Å². The zero-order valence-electron chi connectivity index (χ0n) is 11.2. The van der Waals surface area contributed by atoms with Crippen LogP contribution in [0.15, 0.2) is 22.4 Å². The second-order valence-corrected chi connectivity index (χ2v) is 6.57. The molecule has 1 aliphatic heterocycles. The standard InChI is InChI=1S/C12H12F3NO5S/c13-12(14,15)22(17,18)21-8-3-4-19-9(5-8)10-6-16-11(20-10)7-1-2-7/h5-7,9H,1-4H2. The van der Waals surface area contributed by atoms with Gasteiger partial charge in [0, 0.05) is 12.3 Å². The Hall–Kier alpha value is -1.55. The van der Waals surface area contributed by atoms with Crippen molar-refractivity contribution in [3.8, 4) is 0 Å². The summed E-state index contributed by atoms with van der Waals surface area (Å²) in [7, 11) is -5.67. The summed E-state index contributed by atoms with van der Waals surface area (Å²) in [6, 6.07) is 0. The van der Waals surface area contributed by atoms with Crippen LogP contribution in [0.2, 0.25) is 0 Å². The van der Waals surface area contributed by atoms with E-state index in [1.165, 1.54) is 6.20 Å². The van der Waals surface area contributed by atoms with E-state index in [0.717, 1.165) is 18.9 Å². The van der Waals surface area contributed by atoms with Crippen LogP contribution in [0, 0.1) is 0 Å². The molecule has 0 radical (unpaired) electrons. The predicted octanol–water partition coefficient (Wildman–Crippen LogP) is 2.76. The molecule has 6 nitrogen and oxygen atoms in total. The summed E-state index contributed by atoms with van der Waals surface area (Å²) in [5.74, 6) is 0.829. The molecular formula is C12H12F3NO5S. The lowest BCUT2D eigenvalue weighted by atomic mass is 10.2. The van der Waals surface area contributed by atoms with Crippen LogP contribution >= 0.6 is 0 Å². The number of ether oxygens (including phenoxy) is 1. The highest BCUT2D eigenvalue weighted by atomic mass is 32.2. The lowest BCUT2D eigenvalue weighted by Crippen LogP contribution is -2.26. The molecular weight excluding hydrogens is 327 g/mol. The summed E-state index contributed by atoms with van der Waals surface area (Å²) in [5.41, 5.74) is -5.47. The highest BCUT2D eigenvalue weighted by Crippen LogP contribution is 2.40. The molecule has 1 unspecified atom stereocenters.